The molecule has 21 heavy (non-hydrogen) atoms. The van der Waals surface area contributed by atoms with E-state index in [1.165, 1.54) is 32.4 Å². The van der Waals surface area contributed by atoms with Crippen LogP contribution in [-0.4, -0.2) is 47.1 Å². The standard InChI is InChI=1S/C16H25N3O2/c1-12(2)14-10-13(16(20)21)11-15(18-14)17-6-9-19-7-4-3-5-8-19/h10-12H,3-9H2,1-2H3,(H,17,18)(H,20,21). The molecule has 1 saturated heterocycles. The maximum Gasteiger partial charge on any atom is 0.335 e. The number of anilines is 1. The van der Waals surface area contributed by atoms with Crippen LogP contribution < -0.4 is 5.32 Å². The molecule has 116 valence electrons. The zero-order valence-corrected chi connectivity index (χ0v) is 12.9. The van der Waals surface area contributed by atoms with Crippen LogP contribution in [0.5, 0.6) is 0 Å². The van der Waals surface area contributed by atoms with Gasteiger partial charge in [0.25, 0.3) is 0 Å². The molecule has 5 nitrogen and oxygen atoms in total. The number of nitrogens with zero attached hydrogens (tertiary/aromatic N) is 2. The van der Waals surface area contributed by atoms with E-state index in [0.717, 1.165) is 18.8 Å². The van der Waals surface area contributed by atoms with E-state index in [2.05, 4.69) is 15.2 Å². The van der Waals surface area contributed by atoms with E-state index in [-0.39, 0.29) is 5.92 Å². The number of hydrogen-bond donors (Lipinski definition) is 2. The fourth-order valence-corrected chi connectivity index (χ4v) is 2.59. The van der Waals surface area contributed by atoms with Gasteiger partial charge in [0.15, 0.2) is 0 Å². The van der Waals surface area contributed by atoms with E-state index in [0.29, 0.717) is 11.4 Å². The molecule has 2 N–H and O–H groups in total. The minimum absolute atomic E-state index is 0.215. The molecule has 5 heteroatoms. The third-order valence-electron chi connectivity index (χ3n) is 3.87. The molecule has 1 aliphatic heterocycles. The van der Waals surface area contributed by atoms with Gasteiger partial charge < -0.3 is 15.3 Å². The maximum atomic E-state index is 11.2. The van der Waals surface area contributed by atoms with Crippen molar-refractivity contribution in [2.24, 2.45) is 0 Å². The van der Waals surface area contributed by atoms with Gasteiger partial charge in [-0.2, -0.15) is 0 Å². The topological polar surface area (TPSA) is 65.5 Å². The van der Waals surface area contributed by atoms with Crippen LogP contribution in [0.15, 0.2) is 12.1 Å². The molecule has 0 atom stereocenters. The summed E-state index contributed by atoms with van der Waals surface area (Å²) in [4.78, 5) is 18.1. The molecular formula is C16H25N3O2. The molecule has 0 saturated carbocycles. The van der Waals surface area contributed by atoms with Crippen molar-refractivity contribution in [1.82, 2.24) is 9.88 Å². The zero-order valence-electron chi connectivity index (χ0n) is 12.9. The summed E-state index contributed by atoms with van der Waals surface area (Å²) in [6, 6.07) is 3.27. The molecule has 1 aromatic heterocycles. The predicted octanol–water partition coefficient (Wildman–Crippen LogP) is 2.80. The van der Waals surface area contributed by atoms with Crippen LogP contribution in [-0.2, 0) is 0 Å². The molecule has 0 amide bonds. The fraction of sp³-hybridized carbons (Fsp3) is 0.625. The average molecular weight is 291 g/mol. The van der Waals surface area contributed by atoms with Gasteiger partial charge in [0.2, 0.25) is 0 Å². The molecular weight excluding hydrogens is 266 g/mol. The maximum absolute atomic E-state index is 11.2. The van der Waals surface area contributed by atoms with E-state index in [1.807, 2.05) is 13.8 Å². The van der Waals surface area contributed by atoms with E-state index in [4.69, 9.17) is 0 Å². The molecule has 2 heterocycles. The Bertz CT molecular complexity index is 482. The molecule has 0 spiro atoms. The summed E-state index contributed by atoms with van der Waals surface area (Å²) in [5, 5.41) is 12.4. The van der Waals surface area contributed by atoms with Crippen LogP contribution in [0.4, 0.5) is 5.82 Å². The van der Waals surface area contributed by atoms with Crippen molar-refractivity contribution in [2.75, 3.05) is 31.5 Å². The van der Waals surface area contributed by atoms with Gasteiger partial charge in [-0.1, -0.05) is 20.3 Å². The van der Waals surface area contributed by atoms with Crippen molar-refractivity contribution in [3.63, 3.8) is 0 Å². The Kier molecular flexibility index (Phi) is 5.56. The third-order valence-corrected chi connectivity index (χ3v) is 3.87. The van der Waals surface area contributed by atoms with Gasteiger partial charge in [-0.05, 0) is 44.0 Å². The summed E-state index contributed by atoms with van der Waals surface area (Å²) in [6.45, 7) is 8.16. The fourth-order valence-electron chi connectivity index (χ4n) is 2.59. The number of piperidine rings is 1. The number of aromatic carboxylic acids is 1. The highest BCUT2D eigenvalue weighted by atomic mass is 16.4. The number of carboxylic acid groups (broad SMARTS) is 1. The normalized spacial score (nSPS) is 16.1. The Morgan fingerprint density at radius 3 is 2.67 bits per heavy atom. The van der Waals surface area contributed by atoms with Gasteiger partial charge >= 0.3 is 5.97 Å². The molecule has 1 aromatic rings. The van der Waals surface area contributed by atoms with Crippen LogP contribution in [0, 0.1) is 0 Å². The van der Waals surface area contributed by atoms with Crippen molar-refractivity contribution in [1.29, 1.82) is 0 Å². The van der Waals surface area contributed by atoms with Gasteiger partial charge in [-0.15, -0.1) is 0 Å². The lowest BCUT2D eigenvalue weighted by atomic mass is 10.1. The second-order valence-corrected chi connectivity index (χ2v) is 5.95. The summed E-state index contributed by atoms with van der Waals surface area (Å²) in [5.74, 6) is -0.0269. The minimum Gasteiger partial charge on any atom is -0.478 e. The summed E-state index contributed by atoms with van der Waals surface area (Å²) in [6.07, 6.45) is 3.90. The van der Waals surface area contributed by atoms with Gasteiger partial charge in [0.1, 0.15) is 5.82 Å². The number of pyridine rings is 1. The number of carboxylic acids is 1. The highest BCUT2D eigenvalue weighted by molar-refractivity contribution is 5.88. The highest BCUT2D eigenvalue weighted by Gasteiger charge is 2.12. The molecule has 1 aliphatic rings. The smallest absolute Gasteiger partial charge is 0.335 e. The average Bonchev–Trinajstić information content (AvgIpc) is 2.48. The number of aromatic nitrogens is 1. The Hall–Kier alpha value is -1.62. The number of nitrogens with one attached hydrogen (secondary N) is 1. The SMILES string of the molecule is CC(C)c1cc(C(=O)O)cc(NCCN2CCCCC2)n1. The monoisotopic (exact) mass is 291 g/mol. The van der Waals surface area contributed by atoms with Crippen molar-refractivity contribution in [2.45, 2.75) is 39.0 Å². The lowest BCUT2D eigenvalue weighted by molar-refractivity contribution is 0.0696. The lowest BCUT2D eigenvalue weighted by Crippen LogP contribution is -2.33. The number of likely N-dealkylation sites (tertiary alicyclic amines) is 1. The van der Waals surface area contributed by atoms with Crippen molar-refractivity contribution >= 4 is 11.8 Å². The molecule has 1 fully saturated rings. The first kappa shape index (κ1) is 15.8. The molecule has 0 aromatic carbocycles. The summed E-state index contributed by atoms with van der Waals surface area (Å²) < 4.78 is 0. The number of rotatable bonds is 6. The van der Waals surface area contributed by atoms with Gasteiger partial charge in [-0.3, -0.25) is 0 Å². The van der Waals surface area contributed by atoms with Crippen LogP contribution >= 0.6 is 0 Å². The summed E-state index contributed by atoms with van der Waals surface area (Å²) in [7, 11) is 0. The van der Waals surface area contributed by atoms with Crippen LogP contribution in [0.2, 0.25) is 0 Å². The van der Waals surface area contributed by atoms with Crippen LogP contribution in [0.3, 0.4) is 0 Å². The highest BCUT2D eigenvalue weighted by Crippen LogP contribution is 2.17. The van der Waals surface area contributed by atoms with E-state index in [9.17, 15) is 9.90 Å². The zero-order chi connectivity index (χ0) is 15.2. The van der Waals surface area contributed by atoms with Crippen molar-refractivity contribution in [3.05, 3.63) is 23.4 Å². The minimum atomic E-state index is -0.904. The van der Waals surface area contributed by atoms with Crippen LogP contribution in [0.1, 0.15) is 55.1 Å². The van der Waals surface area contributed by atoms with Gasteiger partial charge in [-0.25, -0.2) is 9.78 Å². The third kappa shape index (κ3) is 4.70. The first-order valence-corrected chi connectivity index (χ1v) is 7.78. The first-order valence-electron chi connectivity index (χ1n) is 7.78. The summed E-state index contributed by atoms with van der Waals surface area (Å²) in [5.41, 5.74) is 1.12. The van der Waals surface area contributed by atoms with Gasteiger partial charge in [0.05, 0.1) is 5.56 Å². The molecule has 0 bridgehead atoms. The Morgan fingerprint density at radius 1 is 1.33 bits per heavy atom. The molecule has 0 radical (unpaired) electrons. The van der Waals surface area contributed by atoms with E-state index >= 15 is 0 Å². The molecule has 0 aliphatic carbocycles. The van der Waals surface area contributed by atoms with Gasteiger partial charge in [0, 0.05) is 18.8 Å². The quantitative estimate of drug-likeness (QED) is 0.843. The Labute approximate surface area is 126 Å². The number of carbonyl (C=O) groups is 1. The predicted molar refractivity (Wildman–Crippen MR) is 84.1 cm³/mol. The van der Waals surface area contributed by atoms with Crippen molar-refractivity contribution in [3.8, 4) is 0 Å². The second-order valence-electron chi connectivity index (χ2n) is 5.95. The van der Waals surface area contributed by atoms with Crippen molar-refractivity contribution < 1.29 is 9.90 Å². The van der Waals surface area contributed by atoms with Crippen LogP contribution in [0.25, 0.3) is 0 Å². The van der Waals surface area contributed by atoms with E-state index in [1.54, 1.807) is 12.1 Å². The van der Waals surface area contributed by atoms with E-state index < -0.39 is 5.97 Å². The Morgan fingerprint density at radius 2 is 2.05 bits per heavy atom. The number of hydrogen-bond acceptors (Lipinski definition) is 4. The second kappa shape index (κ2) is 7.41. The first-order chi connectivity index (χ1) is 10.1. The molecule has 0 unspecified atom stereocenters. The Balaban J connectivity index is 1.96. The summed E-state index contributed by atoms with van der Waals surface area (Å²) >= 11 is 0. The molecule has 2 rings (SSSR count). The largest absolute Gasteiger partial charge is 0.478 e. The lowest BCUT2D eigenvalue weighted by Gasteiger charge is -2.26.